The molecular formula is C28H31N5O2S. The number of H-pyrrole nitrogens is 1. The number of anilines is 1. The first-order valence-electron chi connectivity index (χ1n) is 12.7. The van der Waals surface area contributed by atoms with Crippen LogP contribution in [0.3, 0.4) is 0 Å². The summed E-state index contributed by atoms with van der Waals surface area (Å²) in [6.45, 7) is 2.26. The Labute approximate surface area is 211 Å². The number of aromatic amines is 1. The lowest BCUT2D eigenvalue weighted by Crippen LogP contribution is -2.35. The second kappa shape index (κ2) is 9.01. The second-order valence-corrected chi connectivity index (χ2v) is 12.2. The molecule has 1 aliphatic heterocycles. The highest BCUT2D eigenvalue weighted by atomic mass is 32.2. The molecule has 7 nitrogen and oxygen atoms in total. The largest absolute Gasteiger partial charge is 0.383 e. The smallest absolute Gasteiger partial charge is 0.175 e. The van der Waals surface area contributed by atoms with E-state index in [1.165, 1.54) is 43.1 Å². The summed E-state index contributed by atoms with van der Waals surface area (Å²) < 4.78 is 23.7. The summed E-state index contributed by atoms with van der Waals surface area (Å²) in [5, 5.41) is 8.30. The molecule has 1 saturated carbocycles. The fourth-order valence-corrected chi connectivity index (χ4v) is 6.45. The molecule has 186 valence electrons. The molecule has 3 N–H and O–H groups in total. The molecule has 0 spiro atoms. The quantitative estimate of drug-likeness (QED) is 0.423. The van der Waals surface area contributed by atoms with Crippen molar-refractivity contribution in [1.29, 1.82) is 0 Å². The summed E-state index contributed by atoms with van der Waals surface area (Å²) in [6.07, 6.45) is 8.77. The van der Waals surface area contributed by atoms with Crippen molar-refractivity contribution in [1.82, 2.24) is 20.1 Å². The SMILES string of the molecule is CS(=O)(=O)c1ccc(-c2n[nH]c3nc(N)c(-c4ccc5c(c4)CCN(C4CCCC4)CC5)cc23)cc1. The van der Waals surface area contributed by atoms with Gasteiger partial charge in [-0.3, -0.25) is 10.00 Å². The molecule has 2 aliphatic rings. The number of nitrogens with one attached hydrogen (secondary N) is 1. The highest BCUT2D eigenvalue weighted by Gasteiger charge is 2.25. The average Bonchev–Trinajstić information content (AvgIpc) is 3.49. The van der Waals surface area contributed by atoms with Crippen LogP contribution in [0.15, 0.2) is 53.4 Å². The van der Waals surface area contributed by atoms with Crippen molar-refractivity contribution in [3.05, 3.63) is 59.7 Å². The van der Waals surface area contributed by atoms with E-state index in [2.05, 4.69) is 38.3 Å². The van der Waals surface area contributed by atoms with Crippen LogP contribution >= 0.6 is 0 Å². The van der Waals surface area contributed by atoms with E-state index in [1.807, 2.05) is 6.07 Å². The number of nitrogen functional groups attached to an aromatic ring is 1. The molecule has 8 heteroatoms. The molecule has 2 aromatic carbocycles. The number of pyridine rings is 1. The van der Waals surface area contributed by atoms with Crippen molar-refractivity contribution in [2.75, 3.05) is 25.1 Å². The summed E-state index contributed by atoms with van der Waals surface area (Å²) >= 11 is 0. The first-order chi connectivity index (χ1) is 17.4. The first kappa shape index (κ1) is 23.2. The van der Waals surface area contributed by atoms with Crippen LogP contribution in [0.2, 0.25) is 0 Å². The lowest BCUT2D eigenvalue weighted by Gasteiger charge is -2.26. The number of nitrogens with zero attached hydrogens (tertiary/aromatic N) is 3. The van der Waals surface area contributed by atoms with Crippen molar-refractivity contribution in [2.24, 2.45) is 0 Å². The van der Waals surface area contributed by atoms with Crippen LogP contribution < -0.4 is 5.73 Å². The molecule has 0 bridgehead atoms. The highest BCUT2D eigenvalue weighted by molar-refractivity contribution is 7.90. The van der Waals surface area contributed by atoms with E-state index in [9.17, 15) is 8.42 Å². The molecule has 36 heavy (non-hydrogen) atoms. The maximum atomic E-state index is 11.8. The molecule has 4 aromatic rings. The summed E-state index contributed by atoms with van der Waals surface area (Å²) in [5.41, 5.74) is 13.3. The Kier molecular flexibility index (Phi) is 5.80. The number of nitrogens with two attached hydrogens (primary N) is 1. The molecule has 0 saturated heterocycles. The third-order valence-corrected chi connectivity index (χ3v) is 8.96. The topological polar surface area (TPSA) is 105 Å². The Morgan fingerprint density at radius 1 is 0.944 bits per heavy atom. The Balaban J connectivity index is 1.34. The Hall–Kier alpha value is -3.23. The standard InChI is InChI=1S/C28H31N5O2S/c1-36(34,35)23-10-8-19(9-11-23)26-25-17-24(27(29)30-28(25)32-31-26)21-7-6-18-12-14-33(15-13-20(18)16-21)22-4-2-3-5-22/h6-11,16-17,22H,2-5,12-15H2,1H3,(H3,29,30,31,32). The molecule has 0 radical (unpaired) electrons. The fourth-order valence-electron chi connectivity index (χ4n) is 5.82. The van der Waals surface area contributed by atoms with Gasteiger partial charge >= 0.3 is 0 Å². The van der Waals surface area contributed by atoms with Gasteiger partial charge in [0.15, 0.2) is 15.5 Å². The zero-order valence-corrected chi connectivity index (χ0v) is 21.3. The van der Waals surface area contributed by atoms with Gasteiger partial charge in [-0.15, -0.1) is 0 Å². The zero-order valence-electron chi connectivity index (χ0n) is 20.5. The predicted molar refractivity (Wildman–Crippen MR) is 144 cm³/mol. The van der Waals surface area contributed by atoms with E-state index >= 15 is 0 Å². The minimum atomic E-state index is -3.26. The average molecular weight is 502 g/mol. The van der Waals surface area contributed by atoms with Crippen LogP contribution in [0.4, 0.5) is 5.82 Å². The zero-order chi connectivity index (χ0) is 24.9. The van der Waals surface area contributed by atoms with Gasteiger partial charge in [-0.1, -0.05) is 43.2 Å². The van der Waals surface area contributed by atoms with Gasteiger partial charge in [-0.25, -0.2) is 13.4 Å². The first-order valence-corrected chi connectivity index (χ1v) is 14.6. The monoisotopic (exact) mass is 501 g/mol. The third-order valence-electron chi connectivity index (χ3n) is 7.83. The number of benzene rings is 2. The van der Waals surface area contributed by atoms with Crippen LogP contribution in [-0.2, 0) is 22.7 Å². The van der Waals surface area contributed by atoms with Crippen molar-refractivity contribution < 1.29 is 8.42 Å². The summed E-state index contributed by atoms with van der Waals surface area (Å²) in [6, 6.07) is 16.3. The van der Waals surface area contributed by atoms with E-state index in [4.69, 9.17) is 5.73 Å². The normalized spacial score (nSPS) is 17.4. The van der Waals surface area contributed by atoms with Crippen molar-refractivity contribution in [3.8, 4) is 22.4 Å². The number of hydrogen-bond donors (Lipinski definition) is 2. The van der Waals surface area contributed by atoms with Gasteiger partial charge in [0.2, 0.25) is 0 Å². The lowest BCUT2D eigenvalue weighted by molar-refractivity contribution is 0.208. The number of rotatable bonds is 4. The maximum Gasteiger partial charge on any atom is 0.175 e. The molecule has 6 rings (SSSR count). The Morgan fingerprint density at radius 3 is 2.36 bits per heavy atom. The van der Waals surface area contributed by atoms with Gasteiger partial charge in [0, 0.05) is 41.9 Å². The molecule has 0 unspecified atom stereocenters. The van der Waals surface area contributed by atoms with Crippen molar-refractivity contribution in [2.45, 2.75) is 49.5 Å². The van der Waals surface area contributed by atoms with Gasteiger partial charge in [-0.2, -0.15) is 5.10 Å². The molecule has 1 fully saturated rings. The Morgan fingerprint density at radius 2 is 1.64 bits per heavy atom. The lowest BCUT2D eigenvalue weighted by atomic mass is 9.96. The highest BCUT2D eigenvalue weighted by Crippen LogP contribution is 2.35. The Bertz CT molecular complexity index is 1540. The van der Waals surface area contributed by atoms with Crippen LogP contribution in [0.1, 0.15) is 36.8 Å². The van der Waals surface area contributed by atoms with Gasteiger partial charge in [0.25, 0.3) is 0 Å². The number of aromatic nitrogens is 3. The maximum absolute atomic E-state index is 11.8. The molecule has 0 atom stereocenters. The number of sulfone groups is 1. The molecule has 0 amide bonds. The van der Waals surface area contributed by atoms with Crippen LogP contribution in [-0.4, -0.2) is 53.9 Å². The van der Waals surface area contributed by atoms with E-state index < -0.39 is 9.84 Å². The van der Waals surface area contributed by atoms with E-state index in [0.29, 0.717) is 11.5 Å². The minimum Gasteiger partial charge on any atom is -0.383 e. The van der Waals surface area contributed by atoms with Gasteiger partial charge in [0.1, 0.15) is 11.5 Å². The second-order valence-electron chi connectivity index (χ2n) is 10.1. The number of hydrogen-bond acceptors (Lipinski definition) is 6. The number of fused-ring (bicyclic) bond motifs is 2. The molecule has 3 heterocycles. The van der Waals surface area contributed by atoms with E-state index in [-0.39, 0.29) is 4.90 Å². The third kappa shape index (κ3) is 4.29. The van der Waals surface area contributed by atoms with Gasteiger partial charge < -0.3 is 5.73 Å². The van der Waals surface area contributed by atoms with Gasteiger partial charge in [-0.05, 0) is 60.6 Å². The minimum absolute atomic E-state index is 0.283. The van der Waals surface area contributed by atoms with Crippen molar-refractivity contribution in [3.63, 3.8) is 0 Å². The summed E-state index contributed by atoms with van der Waals surface area (Å²) in [5.74, 6) is 0.464. The molecule has 1 aliphatic carbocycles. The summed E-state index contributed by atoms with van der Waals surface area (Å²) in [4.78, 5) is 7.58. The van der Waals surface area contributed by atoms with Crippen LogP contribution in [0, 0.1) is 0 Å². The predicted octanol–water partition coefficient (Wildman–Crippen LogP) is 4.62. The molecule has 2 aromatic heterocycles. The fraction of sp³-hybridized carbons (Fsp3) is 0.357. The van der Waals surface area contributed by atoms with E-state index in [1.54, 1.807) is 24.3 Å². The van der Waals surface area contributed by atoms with Crippen molar-refractivity contribution >= 4 is 26.7 Å². The van der Waals surface area contributed by atoms with Crippen LogP contribution in [0.25, 0.3) is 33.4 Å². The van der Waals surface area contributed by atoms with E-state index in [0.717, 1.165) is 59.7 Å². The molecular weight excluding hydrogens is 470 g/mol. The van der Waals surface area contributed by atoms with Gasteiger partial charge in [0.05, 0.1) is 4.90 Å². The summed E-state index contributed by atoms with van der Waals surface area (Å²) in [7, 11) is -3.26. The van der Waals surface area contributed by atoms with Crippen LogP contribution in [0.5, 0.6) is 0 Å².